The third kappa shape index (κ3) is 7.67. The molecule has 0 radical (unpaired) electrons. The number of halogens is 10. The zero-order valence-electron chi connectivity index (χ0n) is 21.0. The van der Waals surface area contributed by atoms with Crippen LogP contribution in [-0.2, 0) is 35.3 Å². The minimum absolute atomic E-state index is 0.0132. The topological polar surface area (TPSA) is 57.2 Å². The summed E-state index contributed by atoms with van der Waals surface area (Å²) < 4.78 is 145. The van der Waals surface area contributed by atoms with Gasteiger partial charge in [0.2, 0.25) is 5.91 Å². The van der Waals surface area contributed by atoms with Gasteiger partial charge in [0.25, 0.3) is 12.3 Å². The zero-order chi connectivity index (χ0) is 31.0. The van der Waals surface area contributed by atoms with E-state index in [-0.39, 0.29) is 37.1 Å². The van der Waals surface area contributed by atoms with Gasteiger partial charge in [0.05, 0.1) is 23.3 Å². The highest BCUT2D eigenvalue weighted by atomic mass is 32.2. The number of amides is 1. The van der Waals surface area contributed by atoms with E-state index < -0.39 is 71.3 Å². The molecular weight excluding hydrogens is 616 g/mol. The minimum Gasteiger partial charge on any atom is -0.403 e. The summed E-state index contributed by atoms with van der Waals surface area (Å²) in [5.41, 5.74) is -3.07. The molecule has 230 valence electrons. The van der Waals surface area contributed by atoms with Crippen LogP contribution in [0.25, 0.3) is 0 Å². The minimum atomic E-state index is -5.12. The van der Waals surface area contributed by atoms with Crippen LogP contribution in [0.15, 0.2) is 54.3 Å². The van der Waals surface area contributed by atoms with Crippen LogP contribution in [0.5, 0.6) is 0 Å². The van der Waals surface area contributed by atoms with Gasteiger partial charge < -0.3 is 13.8 Å². The summed E-state index contributed by atoms with van der Waals surface area (Å²) in [5.74, 6) is -2.19. The van der Waals surface area contributed by atoms with Gasteiger partial charge in [-0.3, -0.25) is 4.79 Å². The molecule has 6 nitrogen and oxygen atoms in total. The highest BCUT2D eigenvalue weighted by Crippen LogP contribution is 2.44. The number of ether oxygens (including phenoxy) is 1. The average molecular weight is 635 g/mol. The van der Waals surface area contributed by atoms with Crippen molar-refractivity contribution in [3.8, 4) is 0 Å². The molecule has 1 fully saturated rings. The summed E-state index contributed by atoms with van der Waals surface area (Å²) in [7, 11) is 0. The van der Waals surface area contributed by atoms with E-state index in [1.807, 2.05) is 0 Å². The fraction of sp³-hybridized carbons (Fsp3) is 0.400. The molecule has 0 aliphatic carbocycles. The summed E-state index contributed by atoms with van der Waals surface area (Å²) >= 11 is -0.209. The van der Waals surface area contributed by atoms with Gasteiger partial charge in [0, 0.05) is 31.0 Å². The van der Waals surface area contributed by atoms with Crippen LogP contribution in [0.1, 0.15) is 47.6 Å². The zero-order valence-corrected chi connectivity index (χ0v) is 21.8. The highest BCUT2D eigenvalue weighted by molar-refractivity contribution is 7.89. The van der Waals surface area contributed by atoms with E-state index in [2.05, 4.69) is 9.22 Å². The lowest BCUT2D eigenvalue weighted by molar-refractivity contribution is -0.441. The Morgan fingerprint density at radius 3 is 2.07 bits per heavy atom. The summed E-state index contributed by atoms with van der Waals surface area (Å²) in [4.78, 5) is 17.3. The van der Waals surface area contributed by atoms with E-state index in [1.165, 1.54) is 24.0 Å². The molecule has 42 heavy (non-hydrogen) atoms. The number of alkyl halides is 9. The van der Waals surface area contributed by atoms with Crippen molar-refractivity contribution in [2.45, 2.75) is 56.2 Å². The van der Waals surface area contributed by atoms with E-state index in [0.717, 1.165) is 18.2 Å². The number of nitrogens with zero attached hydrogens (tertiary/aromatic N) is 1. The standard InChI is InChI=1S/C25H19F10NO5S/c1-12(14-6-15(23(27,28)29)8-16(7-14)24(30,31)32)38-20-11-36-19(22(20)13-2-4-17(26)5-3-13)9-18(10-21(36)37)39-42-41-40-25(33,34)35/h2-8,10,12,19-20,22H,9,11H2,1H3/t12-,19?,20?,22+/m1/s1. The van der Waals surface area contributed by atoms with Crippen molar-refractivity contribution in [1.82, 2.24) is 4.90 Å². The Hall–Kier alpha value is -3.02. The van der Waals surface area contributed by atoms with Gasteiger partial charge in [-0.1, -0.05) is 12.1 Å². The first-order valence-electron chi connectivity index (χ1n) is 11.9. The summed E-state index contributed by atoms with van der Waals surface area (Å²) in [6, 6.07) is 5.22. The van der Waals surface area contributed by atoms with Gasteiger partial charge in [-0.15, -0.1) is 22.4 Å². The highest BCUT2D eigenvalue weighted by Gasteiger charge is 2.48. The number of rotatable bonds is 8. The molecule has 2 heterocycles. The van der Waals surface area contributed by atoms with Gasteiger partial charge in [0.15, 0.2) is 0 Å². The Morgan fingerprint density at radius 2 is 1.52 bits per heavy atom. The van der Waals surface area contributed by atoms with Crippen LogP contribution in [0.4, 0.5) is 43.9 Å². The van der Waals surface area contributed by atoms with Crippen molar-refractivity contribution < 1.29 is 66.8 Å². The van der Waals surface area contributed by atoms with Gasteiger partial charge >= 0.3 is 18.7 Å². The maximum atomic E-state index is 13.7. The molecule has 2 aliphatic rings. The van der Waals surface area contributed by atoms with E-state index in [0.29, 0.717) is 17.7 Å². The van der Waals surface area contributed by atoms with Crippen LogP contribution in [0.2, 0.25) is 0 Å². The molecule has 0 bridgehead atoms. The number of fused-ring (bicyclic) bond motifs is 1. The third-order valence-corrected chi connectivity index (χ3v) is 6.99. The van der Waals surface area contributed by atoms with Gasteiger partial charge in [0.1, 0.15) is 11.6 Å². The number of hydrogen-bond acceptors (Lipinski definition) is 6. The van der Waals surface area contributed by atoms with Crippen LogP contribution in [0, 0.1) is 5.82 Å². The molecule has 2 unspecified atom stereocenters. The molecule has 4 rings (SSSR count). The molecule has 2 aliphatic heterocycles. The van der Waals surface area contributed by atoms with E-state index in [9.17, 15) is 48.7 Å². The van der Waals surface area contributed by atoms with Crippen molar-refractivity contribution in [2.75, 3.05) is 6.54 Å². The van der Waals surface area contributed by atoms with Crippen LogP contribution in [-0.4, -0.2) is 35.9 Å². The second kappa shape index (κ2) is 11.9. The maximum absolute atomic E-state index is 13.7. The van der Waals surface area contributed by atoms with Crippen molar-refractivity contribution in [3.05, 3.63) is 82.4 Å². The number of hydrogen-bond donors (Lipinski definition) is 0. The first-order valence-corrected chi connectivity index (χ1v) is 12.6. The SMILES string of the molecule is C[C@@H](OC1CN2C(=O)C=C(OSOOC(F)(F)F)CC2[C@@H]1c1ccc(F)cc1)c1cc(C(F)(F)F)cc(C(F)(F)F)c1. The Kier molecular flexibility index (Phi) is 9.06. The predicted octanol–water partition coefficient (Wildman–Crippen LogP) is 7.64. The van der Waals surface area contributed by atoms with Crippen LogP contribution >= 0.6 is 12.3 Å². The molecule has 0 N–H and O–H groups in total. The maximum Gasteiger partial charge on any atom is 0.550 e. The molecular formula is C25H19F10NO5S. The van der Waals surface area contributed by atoms with Crippen molar-refractivity contribution in [2.24, 2.45) is 0 Å². The molecule has 2 aromatic carbocycles. The molecule has 1 saturated heterocycles. The van der Waals surface area contributed by atoms with Crippen LogP contribution < -0.4 is 0 Å². The first-order chi connectivity index (χ1) is 19.4. The Balaban J connectivity index is 1.60. The lowest BCUT2D eigenvalue weighted by Gasteiger charge is -2.32. The van der Waals surface area contributed by atoms with E-state index >= 15 is 0 Å². The van der Waals surface area contributed by atoms with Crippen LogP contribution in [0.3, 0.4) is 0 Å². The van der Waals surface area contributed by atoms with E-state index in [4.69, 9.17) is 8.92 Å². The van der Waals surface area contributed by atoms with Crippen molar-refractivity contribution in [1.29, 1.82) is 0 Å². The molecule has 0 aromatic heterocycles. The third-order valence-electron chi connectivity index (χ3n) is 6.58. The second-order valence-electron chi connectivity index (χ2n) is 9.35. The first kappa shape index (κ1) is 31.9. The fourth-order valence-electron chi connectivity index (χ4n) is 4.83. The summed E-state index contributed by atoms with van der Waals surface area (Å²) in [6.45, 7) is 1.09. The Bertz CT molecular complexity index is 1280. The summed E-state index contributed by atoms with van der Waals surface area (Å²) in [6.07, 6.45) is -16.8. The monoisotopic (exact) mass is 635 g/mol. The Morgan fingerprint density at radius 1 is 0.929 bits per heavy atom. The van der Waals surface area contributed by atoms with Gasteiger partial charge in [-0.05, 0) is 48.4 Å². The van der Waals surface area contributed by atoms with Crippen molar-refractivity contribution in [3.63, 3.8) is 0 Å². The smallest absolute Gasteiger partial charge is 0.403 e. The largest absolute Gasteiger partial charge is 0.550 e. The number of carbonyl (C=O) groups excluding carboxylic acids is 1. The van der Waals surface area contributed by atoms with E-state index in [1.54, 1.807) is 0 Å². The average Bonchev–Trinajstić information content (AvgIpc) is 3.23. The molecule has 0 spiro atoms. The predicted molar refractivity (Wildman–Crippen MR) is 124 cm³/mol. The molecule has 4 atom stereocenters. The lowest BCUT2D eigenvalue weighted by Crippen LogP contribution is -2.40. The lowest BCUT2D eigenvalue weighted by atomic mass is 9.86. The molecule has 17 heteroatoms. The fourth-order valence-corrected chi connectivity index (χ4v) is 5.17. The number of benzene rings is 2. The normalized spacial score (nSPS) is 22.2. The van der Waals surface area contributed by atoms with Crippen molar-refractivity contribution >= 4 is 18.2 Å². The Labute approximate surface area is 235 Å². The molecule has 2 aromatic rings. The number of carbonyl (C=O) groups is 1. The summed E-state index contributed by atoms with van der Waals surface area (Å²) in [5, 5.41) is 0. The second-order valence-corrected chi connectivity index (χ2v) is 9.79. The molecule has 0 saturated carbocycles. The van der Waals surface area contributed by atoms with Gasteiger partial charge in [-0.2, -0.15) is 26.3 Å². The van der Waals surface area contributed by atoms with Gasteiger partial charge in [-0.25, -0.2) is 4.39 Å². The molecule has 1 amide bonds. The quantitative estimate of drug-likeness (QED) is 0.0978.